The molecular weight excluding hydrogens is 297 g/mol. The number of nitrogens with one attached hydrogen (secondary N) is 1. The normalized spacial score (nSPS) is 11.7. The van der Waals surface area contributed by atoms with Crippen LogP contribution in [0.2, 0.25) is 0 Å². The Kier molecular flexibility index (Phi) is 5.60. The molecule has 102 valence electrons. The quantitative estimate of drug-likeness (QED) is 0.804. The topological polar surface area (TPSA) is 21.3 Å². The number of hydrogen-bond acceptors (Lipinski definition) is 2. The van der Waals surface area contributed by atoms with Gasteiger partial charge >= 0.3 is 0 Å². The van der Waals surface area contributed by atoms with Gasteiger partial charge in [-0.3, -0.25) is 0 Å². The molecule has 0 radical (unpaired) electrons. The molecule has 0 amide bonds. The van der Waals surface area contributed by atoms with E-state index in [0.29, 0.717) is 10.2 Å². The standard InChI is InChI=1S/C14H21BrFNO/c1-5-17-7-6-14(2,3)10-8-11(15)12(16)9-13(10)18-4/h8-9,17H,5-7H2,1-4H3. The largest absolute Gasteiger partial charge is 0.496 e. The van der Waals surface area contributed by atoms with E-state index in [4.69, 9.17) is 4.74 Å². The van der Waals surface area contributed by atoms with Crippen LogP contribution in [0.5, 0.6) is 5.75 Å². The van der Waals surface area contributed by atoms with Crippen LogP contribution in [0, 0.1) is 5.82 Å². The molecule has 0 heterocycles. The van der Waals surface area contributed by atoms with Gasteiger partial charge in [0.15, 0.2) is 0 Å². The first-order valence-electron chi connectivity index (χ1n) is 6.16. The van der Waals surface area contributed by atoms with E-state index in [1.807, 2.05) is 6.07 Å². The molecule has 0 aliphatic carbocycles. The van der Waals surface area contributed by atoms with E-state index in [1.165, 1.54) is 6.07 Å². The van der Waals surface area contributed by atoms with Gasteiger partial charge in [0.1, 0.15) is 11.6 Å². The van der Waals surface area contributed by atoms with Crippen molar-refractivity contribution in [2.24, 2.45) is 0 Å². The number of halogens is 2. The fourth-order valence-electron chi connectivity index (χ4n) is 1.94. The maximum absolute atomic E-state index is 13.5. The van der Waals surface area contributed by atoms with Crippen LogP contribution in [0.25, 0.3) is 0 Å². The van der Waals surface area contributed by atoms with Gasteiger partial charge in [-0.1, -0.05) is 20.8 Å². The molecule has 0 unspecified atom stereocenters. The average molecular weight is 318 g/mol. The van der Waals surface area contributed by atoms with E-state index in [1.54, 1.807) is 7.11 Å². The van der Waals surface area contributed by atoms with Crippen LogP contribution >= 0.6 is 15.9 Å². The summed E-state index contributed by atoms with van der Waals surface area (Å²) in [6.07, 6.45) is 0.968. The van der Waals surface area contributed by atoms with Crippen molar-refractivity contribution in [1.82, 2.24) is 5.32 Å². The molecule has 0 saturated heterocycles. The van der Waals surface area contributed by atoms with Crippen molar-refractivity contribution >= 4 is 15.9 Å². The van der Waals surface area contributed by atoms with Gasteiger partial charge < -0.3 is 10.1 Å². The molecule has 0 aliphatic heterocycles. The molecule has 1 rings (SSSR count). The molecule has 0 bridgehead atoms. The van der Waals surface area contributed by atoms with Crippen molar-refractivity contribution in [2.75, 3.05) is 20.2 Å². The summed E-state index contributed by atoms with van der Waals surface area (Å²) in [4.78, 5) is 0. The number of benzene rings is 1. The summed E-state index contributed by atoms with van der Waals surface area (Å²) in [5, 5.41) is 3.31. The van der Waals surface area contributed by atoms with Crippen molar-refractivity contribution in [2.45, 2.75) is 32.6 Å². The molecule has 1 aromatic carbocycles. The van der Waals surface area contributed by atoms with E-state index in [2.05, 4.69) is 42.0 Å². The summed E-state index contributed by atoms with van der Waals surface area (Å²) in [6, 6.07) is 3.26. The van der Waals surface area contributed by atoms with E-state index in [0.717, 1.165) is 25.1 Å². The zero-order chi connectivity index (χ0) is 13.8. The Balaban J connectivity index is 3.02. The highest BCUT2D eigenvalue weighted by molar-refractivity contribution is 9.10. The number of ether oxygens (including phenoxy) is 1. The Bertz CT molecular complexity index is 407. The van der Waals surface area contributed by atoms with Gasteiger partial charge in [0.05, 0.1) is 11.6 Å². The third kappa shape index (κ3) is 3.69. The molecule has 0 atom stereocenters. The predicted octanol–water partition coefficient (Wildman–Crippen LogP) is 3.87. The second kappa shape index (κ2) is 6.53. The van der Waals surface area contributed by atoms with E-state index in [-0.39, 0.29) is 11.2 Å². The van der Waals surface area contributed by atoms with Gasteiger partial charge in [0.25, 0.3) is 0 Å². The molecule has 4 heteroatoms. The summed E-state index contributed by atoms with van der Waals surface area (Å²) >= 11 is 3.24. The zero-order valence-electron chi connectivity index (χ0n) is 11.4. The summed E-state index contributed by atoms with van der Waals surface area (Å²) in [6.45, 7) is 8.27. The molecule has 0 spiro atoms. The monoisotopic (exact) mass is 317 g/mol. The van der Waals surface area contributed by atoms with Crippen molar-refractivity contribution in [1.29, 1.82) is 0 Å². The lowest BCUT2D eigenvalue weighted by Crippen LogP contribution is -2.26. The minimum atomic E-state index is -0.293. The average Bonchev–Trinajstić information content (AvgIpc) is 2.32. The minimum absolute atomic E-state index is 0.0657. The molecule has 0 aromatic heterocycles. The fourth-order valence-corrected chi connectivity index (χ4v) is 2.28. The van der Waals surface area contributed by atoms with E-state index >= 15 is 0 Å². The maximum Gasteiger partial charge on any atom is 0.141 e. The van der Waals surface area contributed by atoms with Gasteiger partial charge in [0, 0.05) is 11.6 Å². The highest BCUT2D eigenvalue weighted by atomic mass is 79.9. The molecule has 0 aliphatic rings. The van der Waals surface area contributed by atoms with Crippen LogP contribution in [-0.2, 0) is 5.41 Å². The minimum Gasteiger partial charge on any atom is -0.496 e. The number of rotatable bonds is 6. The first kappa shape index (κ1) is 15.4. The molecule has 0 fully saturated rings. The third-order valence-electron chi connectivity index (χ3n) is 3.15. The lowest BCUT2D eigenvalue weighted by atomic mass is 9.81. The summed E-state index contributed by atoms with van der Waals surface area (Å²) in [5.41, 5.74) is 0.958. The van der Waals surface area contributed by atoms with Crippen molar-refractivity contribution in [3.05, 3.63) is 28.0 Å². The molecule has 1 N–H and O–H groups in total. The van der Waals surface area contributed by atoms with Crippen LogP contribution in [-0.4, -0.2) is 20.2 Å². The first-order valence-corrected chi connectivity index (χ1v) is 6.96. The van der Waals surface area contributed by atoms with Crippen LogP contribution in [0.1, 0.15) is 32.8 Å². The first-order chi connectivity index (χ1) is 8.42. The zero-order valence-corrected chi connectivity index (χ0v) is 13.0. The predicted molar refractivity (Wildman–Crippen MR) is 76.8 cm³/mol. The SMILES string of the molecule is CCNCCC(C)(C)c1cc(Br)c(F)cc1OC. The summed E-state index contributed by atoms with van der Waals surface area (Å²) < 4.78 is 19.3. The maximum atomic E-state index is 13.5. The highest BCUT2D eigenvalue weighted by Gasteiger charge is 2.25. The molecule has 0 saturated carbocycles. The fraction of sp³-hybridized carbons (Fsp3) is 0.571. The molecular formula is C14H21BrFNO. The van der Waals surface area contributed by atoms with Gasteiger partial charge in [-0.05, 0) is 46.9 Å². The Morgan fingerprint density at radius 2 is 2.06 bits per heavy atom. The Morgan fingerprint density at radius 1 is 1.39 bits per heavy atom. The Hall–Kier alpha value is -0.610. The highest BCUT2D eigenvalue weighted by Crippen LogP contribution is 2.37. The van der Waals surface area contributed by atoms with Gasteiger partial charge in [-0.2, -0.15) is 0 Å². The smallest absolute Gasteiger partial charge is 0.141 e. The van der Waals surface area contributed by atoms with E-state index in [9.17, 15) is 4.39 Å². The van der Waals surface area contributed by atoms with Gasteiger partial charge in [-0.15, -0.1) is 0 Å². The van der Waals surface area contributed by atoms with E-state index < -0.39 is 0 Å². The second-order valence-electron chi connectivity index (χ2n) is 4.95. The molecule has 18 heavy (non-hydrogen) atoms. The third-order valence-corrected chi connectivity index (χ3v) is 3.76. The van der Waals surface area contributed by atoms with Crippen LogP contribution in [0.3, 0.4) is 0 Å². The van der Waals surface area contributed by atoms with Gasteiger partial charge in [-0.25, -0.2) is 4.39 Å². The number of methoxy groups -OCH3 is 1. The molecule has 2 nitrogen and oxygen atoms in total. The second-order valence-corrected chi connectivity index (χ2v) is 5.81. The van der Waals surface area contributed by atoms with Crippen LogP contribution in [0.4, 0.5) is 4.39 Å². The van der Waals surface area contributed by atoms with Crippen LogP contribution < -0.4 is 10.1 Å². The van der Waals surface area contributed by atoms with Crippen molar-refractivity contribution in [3.63, 3.8) is 0 Å². The lowest BCUT2D eigenvalue weighted by Gasteiger charge is -2.27. The molecule has 1 aromatic rings. The van der Waals surface area contributed by atoms with Crippen LogP contribution in [0.15, 0.2) is 16.6 Å². The Labute approximate surface area is 117 Å². The number of hydrogen-bond donors (Lipinski definition) is 1. The van der Waals surface area contributed by atoms with Crippen molar-refractivity contribution in [3.8, 4) is 5.75 Å². The lowest BCUT2D eigenvalue weighted by molar-refractivity contribution is 0.379. The summed E-state index contributed by atoms with van der Waals surface area (Å²) in [7, 11) is 1.58. The Morgan fingerprint density at radius 3 is 2.61 bits per heavy atom. The van der Waals surface area contributed by atoms with Crippen molar-refractivity contribution < 1.29 is 9.13 Å². The van der Waals surface area contributed by atoms with Gasteiger partial charge in [0.2, 0.25) is 0 Å². The summed E-state index contributed by atoms with van der Waals surface area (Å²) in [5.74, 6) is 0.315.